The van der Waals surface area contributed by atoms with Gasteiger partial charge in [0, 0.05) is 38.2 Å². The lowest BCUT2D eigenvalue weighted by molar-refractivity contribution is -0.122. The predicted molar refractivity (Wildman–Crippen MR) is 128 cm³/mol. The smallest absolute Gasteiger partial charge is 0.404 e. The van der Waals surface area contributed by atoms with Crippen LogP contribution < -0.4 is 20.5 Å². The summed E-state index contributed by atoms with van der Waals surface area (Å²) in [5.74, 6) is -0.803. The summed E-state index contributed by atoms with van der Waals surface area (Å²) >= 11 is 0. The first-order chi connectivity index (χ1) is 16.7. The monoisotopic (exact) mass is 504 g/mol. The second-order valence-corrected chi connectivity index (χ2v) is 9.20. The van der Waals surface area contributed by atoms with Crippen LogP contribution in [0.15, 0.2) is 54.6 Å². The maximum atomic E-state index is 12.9. The van der Waals surface area contributed by atoms with Crippen molar-refractivity contribution in [1.29, 1.82) is 0 Å². The first kappa shape index (κ1) is 26.2. The zero-order valence-electron chi connectivity index (χ0n) is 19.1. The van der Waals surface area contributed by atoms with Gasteiger partial charge < -0.3 is 25.4 Å². The van der Waals surface area contributed by atoms with Crippen LogP contribution in [0.1, 0.15) is 28.8 Å². The number of urea groups is 1. The Hall–Kier alpha value is -3.40. The van der Waals surface area contributed by atoms with Gasteiger partial charge in [0.25, 0.3) is 5.91 Å². The van der Waals surface area contributed by atoms with Crippen LogP contribution in [0.2, 0.25) is 0 Å². The van der Waals surface area contributed by atoms with Gasteiger partial charge in [-0.3, -0.25) is 19.4 Å². The highest BCUT2D eigenvalue weighted by atomic mass is 31.2. The lowest BCUT2D eigenvalue weighted by Gasteiger charge is -2.27. The molecule has 0 spiro atoms. The first-order valence-electron chi connectivity index (χ1n) is 11.2. The molecule has 188 valence electrons. The Morgan fingerprint density at radius 1 is 1.11 bits per heavy atom. The number of nitrogens with one attached hydrogen (secondary N) is 3. The molecule has 12 heteroatoms. The number of carbonyl (C=O) groups is 3. The fourth-order valence-electron chi connectivity index (χ4n) is 3.60. The van der Waals surface area contributed by atoms with Crippen molar-refractivity contribution in [3.05, 3.63) is 65.7 Å². The van der Waals surface area contributed by atoms with Gasteiger partial charge in [-0.15, -0.1) is 0 Å². The Kier molecular flexibility index (Phi) is 9.25. The largest absolute Gasteiger partial charge is 0.524 e. The van der Waals surface area contributed by atoms with Crippen LogP contribution in [0.25, 0.3) is 0 Å². The van der Waals surface area contributed by atoms with Gasteiger partial charge in [-0.25, -0.2) is 9.36 Å². The Bertz CT molecular complexity index is 1060. The minimum absolute atomic E-state index is 0.0156. The number of phosphoric ester groups is 1. The molecule has 1 saturated heterocycles. The third kappa shape index (κ3) is 8.71. The fraction of sp³-hybridized carbons (Fsp3) is 0.348. The molecule has 2 aromatic rings. The molecule has 2 aromatic carbocycles. The van der Waals surface area contributed by atoms with Gasteiger partial charge >= 0.3 is 13.9 Å². The first-order valence-corrected chi connectivity index (χ1v) is 12.7. The van der Waals surface area contributed by atoms with Crippen molar-refractivity contribution in [2.75, 3.05) is 26.2 Å². The Balaban J connectivity index is 1.61. The third-order valence-corrected chi connectivity index (χ3v) is 5.77. The summed E-state index contributed by atoms with van der Waals surface area (Å²) in [7, 11) is -4.68. The van der Waals surface area contributed by atoms with E-state index < -0.39 is 19.8 Å². The third-order valence-electron chi connectivity index (χ3n) is 5.32. The quantitative estimate of drug-likeness (QED) is 0.229. The molecule has 0 aromatic heterocycles. The second kappa shape index (κ2) is 12.3. The number of carbonyl (C=O) groups excluding carboxylic acids is 3. The lowest BCUT2D eigenvalue weighted by Crippen LogP contribution is -2.49. The van der Waals surface area contributed by atoms with Crippen LogP contribution >= 0.6 is 7.82 Å². The minimum atomic E-state index is -4.68. The molecule has 3 rings (SSSR count). The van der Waals surface area contributed by atoms with Crippen LogP contribution in [-0.2, 0) is 15.8 Å². The molecule has 1 aliphatic rings. The number of benzene rings is 2. The zero-order valence-corrected chi connectivity index (χ0v) is 19.9. The average Bonchev–Trinajstić information content (AvgIpc) is 2.83. The van der Waals surface area contributed by atoms with Gasteiger partial charge in [0.15, 0.2) is 0 Å². The summed E-state index contributed by atoms with van der Waals surface area (Å²) in [6, 6.07) is 13.4. The van der Waals surface area contributed by atoms with Crippen molar-refractivity contribution in [2.45, 2.75) is 25.3 Å². The standard InChI is InChI=1S/C23H29N4O7P/c28-21(18-6-2-1-3-7-18)26-20(16-17-8-10-19(11-9-17)34-35(31,32)33)22(29)24-12-4-14-27-15-5-13-25-23(27)30/h1-3,6-11,20H,4-5,12-16H2,(H,24,29)(H,25,30)(H,26,28)(H2,31,32,33)/t20-/m0/s1. The SMILES string of the molecule is O=C(N[C@@H](Cc1ccc(OP(=O)(O)O)cc1)C(=O)NCCCN1CCCNC1=O)c1ccccc1. The van der Waals surface area contributed by atoms with E-state index in [0.717, 1.165) is 6.42 Å². The molecule has 0 unspecified atom stereocenters. The number of nitrogens with zero attached hydrogens (tertiary/aromatic N) is 1. The molecule has 11 nitrogen and oxygen atoms in total. The number of hydrogen-bond donors (Lipinski definition) is 5. The van der Waals surface area contributed by atoms with Crippen molar-refractivity contribution in [3.8, 4) is 5.75 Å². The van der Waals surface area contributed by atoms with Crippen LogP contribution in [0.4, 0.5) is 4.79 Å². The van der Waals surface area contributed by atoms with Crippen molar-refractivity contribution < 1.29 is 33.3 Å². The molecule has 5 N–H and O–H groups in total. The number of phosphoric acid groups is 1. The van der Waals surface area contributed by atoms with E-state index in [0.29, 0.717) is 43.7 Å². The molecule has 4 amide bonds. The van der Waals surface area contributed by atoms with Crippen LogP contribution in [0.3, 0.4) is 0 Å². The molecule has 35 heavy (non-hydrogen) atoms. The second-order valence-electron chi connectivity index (χ2n) is 8.04. The fourth-order valence-corrected chi connectivity index (χ4v) is 3.99. The molecule has 0 radical (unpaired) electrons. The maximum Gasteiger partial charge on any atom is 0.524 e. The summed E-state index contributed by atoms with van der Waals surface area (Å²) in [5.41, 5.74) is 1.06. The van der Waals surface area contributed by atoms with Gasteiger partial charge in [-0.1, -0.05) is 30.3 Å². The molecule has 0 saturated carbocycles. The van der Waals surface area contributed by atoms with Gasteiger partial charge in [0.1, 0.15) is 11.8 Å². The highest BCUT2D eigenvalue weighted by Crippen LogP contribution is 2.37. The molecular formula is C23H29N4O7P. The van der Waals surface area contributed by atoms with Gasteiger partial charge in [0.2, 0.25) is 5.91 Å². The van der Waals surface area contributed by atoms with E-state index in [2.05, 4.69) is 20.5 Å². The molecule has 1 fully saturated rings. The van der Waals surface area contributed by atoms with Crippen molar-refractivity contribution in [3.63, 3.8) is 0 Å². The van der Waals surface area contributed by atoms with Gasteiger partial charge in [0.05, 0.1) is 0 Å². The van der Waals surface area contributed by atoms with E-state index >= 15 is 0 Å². The topological polar surface area (TPSA) is 157 Å². The molecule has 0 bridgehead atoms. The van der Waals surface area contributed by atoms with Crippen molar-refractivity contribution in [1.82, 2.24) is 20.9 Å². The summed E-state index contributed by atoms with van der Waals surface area (Å²) in [4.78, 5) is 57.0. The molecule has 0 aliphatic carbocycles. The summed E-state index contributed by atoms with van der Waals surface area (Å²) in [6.07, 6.45) is 1.59. The Morgan fingerprint density at radius 3 is 2.49 bits per heavy atom. The molecular weight excluding hydrogens is 475 g/mol. The molecule has 1 aliphatic heterocycles. The predicted octanol–water partition coefficient (Wildman–Crippen LogP) is 1.42. The van der Waals surface area contributed by atoms with Crippen LogP contribution in [0.5, 0.6) is 5.75 Å². The van der Waals surface area contributed by atoms with Gasteiger partial charge in [-0.2, -0.15) is 0 Å². The average molecular weight is 504 g/mol. The molecule has 1 heterocycles. The van der Waals surface area contributed by atoms with E-state index in [1.807, 2.05) is 0 Å². The van der Waals surface area contributed by atoms with E-state index in [9.17, 15) is 18.9 Å². The highest BCUT2D eigenvalue weighted by Gasteiger charge is 2.23. The van der Waals surface area contributed by atoms with Crippen LogP contribution in [0, 0.1) is 0 Å². The summed E-state index contributed by atoms with van der Waals surface area (Å²) in [5, 5.41) is 8.35. The summed E-state index contributed by atoms with van der Waals surface area (Å²) < 4.78 is 15.5. The zero-order chi connectivity index (χ0) is 25.3. The minimum Gasteiger partial charge on any atom is -0.404 e. The van der Waals surface area contributed by atoms with E-state index in [1.165, 1.54) is 12.1 Å². The van der Waals surface area contributed by atoms with Gasteiger partial charge in [-0.05, 0) is 42.7 Å². The van der Waals surface area contributed by atoms with E-state index in [-0.39, 0.29) is 24.1 Å². The Labute approximate surface area is 203 Å². The van der Waals surface area contributed by atoms with E-state index in [1.54, 1.807) is 47.4 Å². The number of amides is 4. The number of hydrogen-bond acceptors (Lipinski definition) is 5. The van der Waals surface area contributed by atoms with Crippen molar-refractivity contribution >= 4 is 25.7 Å². The van der Waals surface area contributed by atoms with Crippen LogP contribution in [-0.4, -0.2) is 64.8 Å². The summed E-state index contributed by atoms with van der Waals surface area (Å²) in [6.45, 7) is 2.18. The molecule has 1 atom stereocenters. The normalized spacial score (nSPS) is 14.6. The lowest BCUT2D eigenvalue weighted by atomic mass is 10.0. The van der Waals surface area contributed by atoms with Crippen molar-refractivity contribution in [2.24, 2.45) is 0 Å². The maximum absolute atomic E-state index is 12.9. The Morgan fingerprint density at radius 2 is 1.83 bits per heavy atom. The highest BCUT2D eigenvalue weighted by molar-refractivity contribution is 7.46. The van der Waals surface area contributed by atoms with E-state index in [4.69, 9.17) is 9.79 Å². The number of rotatable bonds is 11.